The van der Waals surface area contributed by atoms with Crippen LogP contribution in [0.5, 0.6) is 0 Å². The van der Waals surface area contributed by atoms with Crippen LogP contribution in [0, 0.1) is 0 Å². The van der Waals surface area contributed by atoms with Crippen LogP contribution in [0.3, 0.4) is 0 Å². The van der Waals surface area contributed by atoms with Gasteiger partial charge in [0.2, 0.25) is 0 Å². The van der Waals surface area contributed by atoms with Gasteiger partial charge in [0.1, 0.15) is 0 Å². The summed E-state index contributed by atoms with van der Waals surface area (Å²) in [7, 11) is 0. The first-order valence-electron chi connectivity index (χ1n) is 5.47. The number of hydrogen-bond acceptors (Lipinski definition) is 4. The quantitative estimate of drug-likeness (QED) is 0.722. The zero-order valence-electron chi connectivity index (χ0n) is 10.4. The third kappa shape index (κ3) is 5.95. The zero-order chi connectivity index (χ0) is 12.9. The normalized spacial score (nSPS) is 13.2. The number of thiazole rings is 1. The molecule has 0 aromatic carbocycles. The molecule has 0 aliphatic heterocycles. The third-order valence-electron chi connectivity index (χ3n) is 1.98. The van der Waals surface area contributed by atoms with Crippen LogP contribution in [0.2, 0.25) is 0 Å². The second-order valence-corrected chi connectivity index (χ2v) is 6.04. The minimum absolute atomic E-state index is 0.0312. The van der Waals surface area contributed by atoms with Crippen molar-refractivity contribution < 1.29 is 5.11 Å². The fourth-order valence-electron chi connectivity index (χ4n) is 1.31. The molecule has 17 heavy (non-hydrogen) atoms. The lowest BCUT2D eigenvalue weighted by atomic mass is 10.1. The Morgan fingerprint density at radius 3 is 2.76 bits per heavy atom. The van der Waals surface area contributed by atoms with Gasteiger partial charge in [0.25, 0.3) is 0 Å². The molecule has 0 radical (unpaired) electrons. The van der Waals surface area contributed by atoms with Gasteiger partial charge in [-0.1, -0.05) is 0 Å². The van der Waals surface area contributed by atoms with Gasteiger partial charge in [0.05, 0.1) is 23.9 Å². The molecular weight excluding hydrogens is 254 g/mol. The molecule has 3 N–H and O–H groups in total. The molecule has 0 aliphatic carbocycles. The van der Waals surface area contributed by atoms with E-state index in [-0.39, 0.29) is 18.2 Å². The molecular formula is C11H19N3OS2. The summed E-state index contributed by atoms with van der Waals surface area (Å²) in [6.07, 6.45) is 0.673. The van der Waals surface area contributed by atoms with Crippen LogP contribution >= 0.6 is 23.6 Å². The van der Waals surface area contributed by atoms with Crippen LogP contribution in [-0.4, -0.2) is 33.4 Å². The Balaban J connectivity index is 2.44. The third-order valence-corrected chi connectivity index (χ3v) is 2.84. The molecule has 0 aliphatic rings. The van der Waals surface area contributed by atoms with Crippen LogP contribution in [0.25, 0.3) is 0 Å². The van der Waals surface area contributed by atoms with Crippen LogP contribution in [0.4, 0.5) is 0 Å². The van der Waals surface area contributed by atoms with Crippen LogP contribution in [-0.2, 0) is 6.42 Å². The molecule has 1 heterocycles. The van der Waals surface area contributed by atoms with E-state index >= 15 is 0 Å². The maximum absolute atomic E-state index is 9.30. The number of rotatable bonds is 4. The lowest BCUT2D eigenvalue weighted by Gasteiger charge is -2.25. The van der Waals surface area contributed by atoms with E-state index in [4.69, 9.17) is 12.2 Å². The van der Waals surface area contributed by atoms with E-state index in [1.807, 2.05) is 26.2 Å². The summed E-state index contributed by atoms with van der Waals surface area (Å²) in [5.74, 6) is 0. The molecule has 0 saturated heterocycles. The van der Waals surface area contributed by atoms with Crippen molar-refractivity contribution in [2.45, 2.75) is 38.8 Å². The van der Waals surface area contributed by atoms with Gasteiger partial charge in [-0.25, -0.2) is 4.98 Å². The van der Waals surface area contributed by atoms with Crippen LogP contribution in [0.15, 0.2) is 10.9 Å². The molecule has 1 atom stereocenters. The van der Waals surface area contributed by atoms with E-state index in [1.165, 1.54) is 0 Å². The fraction of sp³-hybridized carbons (Fsp3) is 0.636. The van der Waals surface area contributed by atoms with Crippen molar-refractivity contribution in [2.75, 3.05) is 6.61 Å². The Labute approximate surface area is 111 Å². The van der Waals surface area contributed by atoms with Gasteiger partial charge < -0.3 is 15.7 Å². The molecule has 96 valence electrons. The number of nitrogens with zero attached hydrogens (tertiary/aromatic N) is 1. The van der Waals surface area contributed by atoms with E-state index in [2.05, 4.69) is 15.6 Å². The Morgan fingerprint density at radius 2 is 2.29 bits per heavy atom. The Hall–Kier alpha value is -0.720. The number of aliphatic hydroxyl groups is 1. The van der Waals surface area contributed by atoms with Gasteiger partial charge in [-0.15, -0.1) is 11.3 Å². The van der Waals surface area contributed by atoms with E-state index in [1.54, 1.807) is 16.8 Å². The average Bonchev–Trinajstić information content (AvgIpc) is 2.66. The highest BCUT2D eigenvalue weighted by atomic mass is 32.1. The molecule has 0 saturated carbocycles. The van der Waals surface area contributed by atoms with Gasteiger partial charge >= 0.3 is 0 Å². The van der Waals surface area contributed by atoms with E-state index in [9.17, 15) is 5.11 Å². The van der Waals surface area contributed by atoms with E-state index in [0.717, 1.165) is 5.69 Å². The molecule has 1 rings (SSSR count). The maximum Gasteiger partial charge on any atom is 0.167 e. The first-order chi connectivity index (χ1) is 7.90. The maximum atomic E-state index is 9.30. The summed E-state index contributed by atoms with van der Waals surface area (Å²) in [5, 5.41) is 18.1. The number of hydrogen-bond donors (Lipinski definition) is 3. The monoisotopic (exact) mass is 273 g/mol. The lowest BCUT2D eigenvalue weighted by Crippen LogP contribution is -2.50. The predicted octanol–water partition coefficient (Wildman–Crippen LogP) is 1.31. The summed E-state index contributed by atoms with van der Waals surface area (Å²) in [5.41, 5.74) is 2.68. The van der Waals surface area contributed by atoms with E-state index < -0.39 is 0 Å². The molecule has 6 heteroatoms. The summed E-state index contributed by atoms with van der Waals surface area (Å²) in [6, 6.07) is -0.0977. The standard InChI is InChI=1S/C11H19N3OS2/c1-11(2,3)14-10(16)13-8(5-15)4-9-6-17-7-12-9/h6-8,15H,4-5H2,1-3H3,(H2,13,14,16). The number of aliphatic hydroxyl groups excluding tert-OH is 1. The van der Waals surface area contributed by atoms with Gasteiger partial charge in [0, 0.05) is 17.3 Å². The van der Waals surface area contributed by atoms with Crippen LogP contribution < -0.4 is 10.6 Å². The zero-order valence-corrected chi connectivity index (χ0v) is 12.0. The van der Waals surface area contributed by atoms with Crippen molar-refractivity contribution in [3.8, 4) is 0 Å². The molecule has 1 unspecified atom stereocenters. The Bertz CT molecular complexity index is 346. The predicted molar refractivity (Wildman–Crippen MR) is 75.3 cm³/mol. The summed E-state index contributed by atoms with van der Waals surface area (Å²) in [6.45, 7) is 6.14. The van der Waals surface area contributed by atoms with Crippen molar-refractivity contribution in [3.63, 3.8) is 0 Å². The van der Waals surface area contributed by atoms with Gasteiger partial charge in [-0.05, 0) is 33.0 Å². The number of aromatic nitrogens is 1. The fourth-order valence-corrected chi connectivity index (χ4v) is 2.36. The van der Waals surface area contributed by atoms with Crippen LogP contribution in [0.1, 0.15) is 26.5 Å². The minimum atomic E-state index is -0.0977. The van der Waals surface area contributed by atoms with Gasteiger partial charge in [-0.2, -0.15) is 0 Å². The molecule has 1 aromatic rings. The van der Waals surface area contributed by atoms with Gasteiger partial charge in [-0.3, -0.25) is 0 Å². The van der Waals surface area contributed by atoms with Crippen molar-refractivity contribution in [3.05, 3.63) is 16.6 Å². The molecule has 0 amide bonds. The van der Waals surface area contributed by atoms with Crippen molar-refractivity contribution in [1.29, 1.82) is 0 Å². The van der Waals surface area contributed by atoms with Crippen molar-refractivity contribution in [2.24, 2.45) is 0 Å². The van der Waals surface area contributed by atoms with E-state index in [0.29, 0.717) is 11.5 Å². The second kappa shape index (κ2) is 6.28. The molecule has 4 nitrogen and oxygen atoms in total. The van der Waals surface area contributed by atoms with Crippen molar-refractivity contribution >= 4 is 28.7 Å². The highest BCUT2D eigenvalue weighted by Gasteiger charge is 2.15. The Kier molecular flexibility index (Phi) is 5.30. The topological polar surface area (TPSA) is 57.2 Å². The summed E-state index contributed by atoms with van der Waals surface area (Å²) in [4.78, 5) is 4.19. The largest absolute Gasteiger partial charge is 0.394 e. The smallest absolute Gasteiger partial charge is 0.167 e. The Morgan fingerprint density at radius 1 is 1.59 bits per heavy atom. The first-order valence-corrected chi connectivity index (χ1v) is 6.82. The minimum Gasteiger partial charge on any atom is -0.394 e. The first kappa shape index (κ1) is 14.3. The lowest BCUT2D eigenvalue weighted by molar-refractivity contribution is 0.253. The average molecular weight is 273 g/mol. The number of nitrogens with one attached hydrogen (secondary N) is 2. The summed E-state index contributed by atoms with van der Waals surface area (Å²) >= 11 is 6.74. The molecule has 0 spiro atoms. The van der Waals surface area contributed by atoms with Crippen molar-refractivity contribution in [1.82, 2.24) is 15.6 Å². The molecule has 0 fully saturated rings. The highest BCUT2D eigenvalue weighted by Crippen LogP contribution is 2.05. The highest BCUT2D eigenvalue weighted by molar-refractivity contribution is 7.80. The molecule has 1 aromatic heterocycles. The SMILES string of the molecule is CC(C)(C)NC(=S)NC(CO)Cc1cscn1. The van der Waals surface area contributed by atoms with Gasteiger partial charge in [0.15, 0.2) is 5.11 Å². The molecule has 0 bridgehead atoms. The second-order valence-electron chi connectivity index (χ2n) is 4.91. The summed E-state index contributed by atoms with van der Waals surface area (Å²) < 4.78 is 0. The number of thiocarbonyl (C=S) groups is 1.